The Kier molecular flexibility index (Phi) is 4.18. The molecule has 0 saturated carbocycles. The molecule has 0 aliphatic carbocycles. The Hall–Kier alpha value is -2.77. The third kappa shape index (κ3) is 3.31. The van der Waals surface area contributed by atoms with Crippen LogP contribution in [0.1, 0.15) is 12.0 Å². The number of oxazole rings is 1. The predicted molar refractivity (Wildman–Crippen MR) is 92.3 cm³/mol. The minimum atomic E-state index is -4.37. The third-order valence-corrected chi connectivity index (χ3v) is 4.45. The van der Waals surface area contributed by atoms with E-state index in [1.165, 1.54) is 6.07 Å². The van der Waals surface area contributed by atoms with Gasteiger partial charge in [0.25, 0.3) is 6.01 Å². The van der Waals surface area contributed by atoms with Gasteiger partial charge in [-0.2, -0.15) is 18.2 Å². The number of alkyl halides is 3. The molecule has 1 aliphatic rings. The van der Waals surface area contributed by atoms with Gasteiger partial charge in [-0.3, -0.25) is 0 Å². The van der Waals surface area contributed by atoms with Gasteiger partial charge in [0, 0.05) is 32.4 Å². The van der Waals surface area contributed by atoms with Crippen molar-refractivity contribution in [2.45, 2.75) is 12.6 Å². The normalized spacial score (nSPS) is 16.1. The van der Waals surface area contributed by atoms with E-state index in [4.69, 9.17) is 4.42 Å². The molecule has 1 aromatic carbocycles. The molecule has 26 heavy (non-hydrogen) atoms. The van der Waals surface area contributed by atoms with Gasteiger partial charge in [0.2, 0.25) is 0 Å². The monoisotopic (exact) mass is 362 g/mol. The fraction of sp³-hybridized carbons (Fsp3) is 0.333. The summed E-state index contributed by atoms with van der Waals surface area (Å²) in [5, 5.41) is 0. The van der Waals surface area contributed by atoms with Crippen LogP contribution in [0.15, 0.2) is 47.0 Å². The average molecular weight is 362 g/mol. The van der Waals surface area contributed by atoms with Crippen LogP contribution in [0.25, 0.3) is 11.1 Å². The molecular formula is C18H17F3N4O. The quantitative estimate of drug-likeness (QED) is 0.691. The summed E-state index contributed by atoms with van der Waals surface area (Å²) >= 11 is 0. The Balaban J connectivity index is 1.47. The average Bonchev–Trinajstić information content (AvgIpc) is 2.90. The van der Waals surface area contributed by atoms with Crippen LogP contribution in [-0.4, -0.2) is 36.1 Å². The van der Waals surface area contributed by atoms with E-state index < -0.39 is 11.7 Å². The first kappa shape index (κ1) is 16.7. The Labute approximate surface area is 148 Å². The summed E-state index contributed by atoms with van der Waals surface area (Å²) in [5.41, 5.74) is 0.824. The largest absolute Gasteiger partial charge is 0.423 e. The van der Waals surface area contributed by atoms with Crippen molar-refractivity contribution >= 4 is 22.9 Å². The molecule has 0 bridgehead atoms. The Bertz CT molecular complexity index is 858. The molecule has 2 aromatic heterocycles. The highest BCUT2D eigenvalue weighted by atomic mass is 19.4. The van der Waals surface area contributed by atoms with E-state index >= 15 is 0 Å². The molecule has 0 radical (unpaired) electrons. The maximum atomic E-state index is 12.7. The van der Waals surface area contributed by atoms with Crippen molar-refractivity contribution < 1.29 is 17.6 Å². The summed E-state index contributed by atoms with van der Waals surface area (Å²) < 4.78 is 43.8. The number of fused-ring (bicyclic) bond motifs is 1. The summed E-state index contributed by atoms with van der Waals surface area (Å²) in [6.07, 6.45) is -2.64. The number of pyridine rings is 1. The molecular weight excluding hydrogens is 345 g/mol. The van der Waals surface area contributed by atoms with E-state index in [0.717, 1.165) is 42.9 Å². The molecule has 8 heteroatoms. The molecule has 0 unspecified atom stereocenters. The Morgan fingerprint density at radius 1 is 0.923 bits per heavy atom. The van der Waals surface area contributed by atoms with Crippen LogP contribution < -0.4 is 9.80 Å². The fourth-order valence-corrected chi connectivity index (χ4v) is 3.07. The second kappa shape index (κ2) is 6.51. The number of anilines is 2. The first-order chi connectivity index (χ1) is 12.5. The van der Waals surface area contributed by atoms with Crippen LogP contribution >= 0.6 is 0 Å². The van der Waals surface area contributed by atoms with Crippen LogP contribution in [0.2, 0.25) is 0 Å². The van der Waals surface area contributed by atoms with Gasteiger partial charge in [0.15, 0.2) is 5.58 Å². The van der Waals surface area contributed by atoms with Crippen LogP contribution in [0.3, 0.4) is 0 Å². The number of rotatable bonds is 2. The molecule has 0 N–H and O–H groups in total. The highest BCUT2D eigenvalue weighted by Crippen LogP contribution is 2.29. The van der Waals surface area contributed by atoms with Gasteiger partial charge in [-0.05, 0) is 30.7 Å². The van der Waals surface area contributed by atoms with Crippen LogP contribution in [0, 0.1) is 0 Å². The molecule has 3 aromatic rings. The molecule has 1 aliphatic heterocycles. The molecule has 136 valence electrons. The zero-order chi connectivity index (χ0) is 18.1. The molecule has 1 saturated heterocycles. The van der Waals surface area contributed by atoms with Crippen LogP contribution in [0.4, 0.5) is 25.0 Å². The van der Waals surface area contributed by atoms with Crippen molar-refractivity contribution in [1.82, 2.24) is 9.97 Å². The zero-order valence-electron chi connectivity index (χ0n) is 13.9. The second-order valence-corrected chi connectivity index (χ2v) is 6.19. The van der Waals surface area contributed by atoms with Gasteiger partial charge in [0.05, 0.1) is 5.56 Å². The first-order valence-corrected chi connectivity index (χ1v) is 8.39. The van der Waals surface area contributed by atoms with Gasteiger partial charge in [-0.25, -0.2) is 4.98 Å². The summed E-state index contributed by atoms with van der Waals surface area (Å²) in [6, 6.07) is 10.7. The highest BCUT2D eigenvalue weighted by Gasteiger charge is 2.31. The molecule has 0 amide bonds. The summed E-state index contributed by atoms with van der Waals surface area (Å²) in [7, 11) is 0. The number of benzene rings is 1. The lowest BCUT2D eigenvalue weighted by molar-refractivity contribution is -0.137. The number of hydrogen-bond acceptors (Lipinski definition) is 5. The van der Waals surface area contributed by atoms with Gasteiger partial charge >= 0.3 is 6.18 Å². The highest BCUT2D eigenvalue weighted by molar-refractivity contribution is 5.74. The van der Waals surface area contributed by atoms with Gasteiger partial charge < -0.3 is 14.2 Å². The molecule has 3 heterocycles. The first-order valence-electron chi connectivity index (χ1n) is 8.39. The summed E-state index contributed by atoms with van der Waals surface area (Å²) in [4.78, 5) is 12.6. The third-order valence-electron chi connectivity index (χ3n) is 4.45. The smallest absolute Gasteiger partial charge is 0.417 e. The zero-order valence-corrected chi connectivity index (χ0v) is 13.9. The number of nitrogens with zero attached hydrogens (tertiary/aromatic N) is 4. The van der Waals surface area contributed by atoms with Crippen molar-refractivity contribution in [1.29, 1.82) is 0 Å². The second-order valence-electron chi connectivity index (χ2n) is 6.19. The van der Waals surface area contributed by atoms with E-state index in [1.54, 1.807) is 0 Å². The SMILES string of the molecule is FC(F)(F)c1ccc(N2CCCN(c3nc4ccccc4o3)CC2)nc1. The minimum absolute atomic E-state index is 0.553. The predicted octanol–water partition coefficient (Wildman–Crippen LogP) is 3.96. The van der Waals surface area contributed by atoms with Crippen molar-refractivity contribution in [3.05, 3.63) is 48.2 Å². The molecule has 4 rings (SSSR count). The lowest BCUT2D eigenvalue weighted by atomic mass is 10.2. The Morgan fingerprint density at radius 2 is 1.69 bits per heavy atom. The Morgan fingerprint density at radius 3 is 2.42 bits per heavy atom. The maximum Gasteiger partial charge on any atom is 0.417 e. The standard InChI is InChI=1S/C18H17F3N4O/c19-18(20,21)13-6-7-16(22-12-13)24-8-3-9-25(11-10-24)17-23-14-4-1-2-5-15(14)26-17/h1-2,4-7,12H,3,8-11H2. The van der Waals surface area contributed by atoms with Gasteiger partial charge in [-0.15, -0.1) is 0 Å². The fourth-order valence-electron chi connectivity index (χ4n) is 3.07. The molecule has 0 spiro atoms. The van der Waals surface area contributed by atoms with E-state index in [2.05, 4.69) is 14.9 Å². The lowest BCUT2D eigenvalue weighted by Gasteiger charge is -2.22. The van der Waals surface area contributed by atoms with Crippen LogP contribution in [0.5, 0.6) is 0 Å². The number of para-hydroxylation sites is 2. The molecule has 1 fully saturated rings. The number of hydrogen-bond donors (Lipinski definition) is 0. The number of halogens is 3. The topological polar surface area (TPSA) is 45.4 Å². The number of aromatic nitrogens is 2. The molecule has 5 nitrogen and oxygen atoms in total. The molecule has 0 atom stereocenters. The maximum absolute atomic E-state index is 12.7. The minimum Gasteiger partial charge on any atom is -0.423 e. The summed E-state index contributed by atoms with van der Waals surface area (Å²) in [6.45, 7) is 2.78. The van der Waals surface area contributed by atoms with E-state index in [9.17, 15) is 13.2 Å². The van der Waals surface area contributed by atoms with Gasteiger partial charge in [0.1, 0.15) is 11.3 Å². The van der Waals surface area contributed by atoms with Crippen molar-refractivity contribution in [2.24, 2.45) is 0 Å². The van der Waals surface area contributed by atoms with Crippen LogP contribution in [-0.2, 0) is 6.18 Å². The summed E-state index contributed by atoms with van der Waals surface area (Å²) in [5.74, 6) is 0.553. The van der Waals surface area contributed by atoms with Crippen molar-refractivity contribution in [3.8, 4) is 0 Å². The van der Waals surface area contributed by atoms with Crippen molar-refractivity contribution in [2.75, 3.05) is 36.0 Å². The van der Waals surface area contributed by atoms with E-state index in [1.807, 2.05) is 29.2 Å². The van der Waals surface area contributed by atoms with Crippen molar-refractivity contribution in [3.63, 3.8) is 0 Å². The van der Waals surface area contributed by atoms with E-state index in [-0.39, 0.29) is 0 Å². The van der Waals surface area contributed by atoms with Gasteiger partial charge in [-0.1, -0.05) is 12.1 Å². The van der Waals surface area contributed by atoms with E-state index in [0.29, 0.717) is 24.9 Å². The lowest BCUT2D eigenvalue weighted by Crippen LogP contribution is -2.31.